The summed E-state index contributed by atoms with van der Waals surface area (Å²) in [5.74, 6) is 0.784. The van der Waals surface area contributed by atoms with Gasteiger partial charge in [0.05, 0.1) is 6.61 Å². The number of hydrogen-bond donors (Lipinski definition) is 1. The van der Waals surface area contributed by atoms with Crippen LogP contribution < -0.4 is 10.5 Å². The molecule has 1 aromatic rings. The molecular weight excluding hydrogens is 286 g/mol. The molecule has 1 aromatic carbocycles. The number of ether oxygens (including phenoxy) is 1. The molecule has 0 aliphatic carbocycles. The Balaban J connectivity index is 2.45. The van der Waals surface area contributed by atoms with Crippen molar-refractivity contribution < 1.29 is 18.0 Å². The zero-order valence-corrected chi connectivity index (χ0v) is 14.3. The maximum atomic E-state index is 5.80. The standard InChI is InChI=1S/C15H27NO4Si/c1-4-18-21(19-5-2,20-6-3)12-8-11-17-15-10-7-9-14(16)13-15/h7,9-10,13H,4-6,8,11-12,16H2,1-3H3. The van der Waals surface area contributed by atoms with E-state index in [1.54, 1.807) is 0 Å². The van der Waals surface area contributed by atoms with Gasteiger partial charge in [0.1, 0.15) is 5.75 Å². The summed E-state index contributed by atoms with van der Waals surface area (Å²) >= 11 is 0. The number of nitrogens with two attached hydrogens (primary N) is 1. The number of benzene rings is 1. The lowest BCUT2D eigenvalue weighted by atomic mass is 10.3. The predicted molar refractivity (Wildman–Crippen MR) is 86.4 cm³/mol. The van der Waals surface area contributed by atoms with Gasteiger partial charge >= 0.3 is 8.80 Å². The normalized spacial score (nSPS) is 11.6. The lowest BCUT2D eigenvalue weighted by Gasteiger charge is -2.28. The molecule has 0 radical (unpaired) electrons. The maximum absolute atomic E-state index is 5.80. The van der Waals surface area contributed by atoms with Gasteiger partial charge in [0.2, 0.25) is 0 Å². The van der Waals surface area contributed by atoms with Crippen molar-refractivity contribution in [3.63, 3.8) is 0 Å². The van der Waals surface area contributed by atoms with Gasteiger partial charge in [0.15, 0.2) is 0 Å². The van der Waals surface area contributed by atoms with Gasteiger partial charge in [-0.3, -0.25) is 0 Å². The molecule has 0 unspecified atom stereocenters. The summed E-state index contributed by atoms with van der Waals surface area (Å²) in [6.07, 6.45) is 0.820. The summed E-state index contributed by atoms with van der Waals surface area (Å²) in [7, 11) is -2.55. The Morgan fingerprint density at radius 2 is 1.62 bits per heavy atom. The first-order valence-corrected chi connectivity index (χ1v) is 9.49. The number of hydrogen-bond acceptors (Lipinski definition) is 5. The van der Waals surface area contributed by atoms with Gasteiger partial charge < -0.3 is 23.7 Å². The van der Waals surface area contributed by atoms with Gasteiger partial charge in [-0.15, -0.1) is 0 Å². The average Bonchev–Trinajstić information content (AvgIpc) is 2.45. The number of nitrogen functional groups attached to an aromatic ring is 1. The van der Waals surface area contributed by atoms with Crippen LogP contribution in [-0.2, 0) is 13.3 Å². The largest absolute Gasteiger partial charge is 0.501 e. The van der Waals surface area contributed by atoms with E-state index in [4.69, 9.17) is 23.7 Å². The van der Waals surface area contributed by atoms with E-state index >= 15 is 0 Å². The number of rotatable bonds is 11. The predicted octanol–water partition coefficient (Wildman–Crippen LogP) is 3.09. The molecule has 1 rings (SSSR count). The average molecular weight is 313 g/mol. The van der Waals surface area contributed by atoms with E-state index in [2.05, 4.69) is 0 Å². The zero-order valence-electron chi connectivity index (χ0n) is 13.3. The second-order valence-corrected chi connectivity index (χ2v) is 7.24. The molecule has 0 amide bonds. The monoisotopic (exact) mass is 313 g/mol. The highest BCUT2D eigenvalue weighted by atomic mass is 28.4. The highest BCUT2D eigenvalue weighted by Crippen LogP contribution is 2.19. The Kier molecular flexibility index (Phi) is 8.37. The molecule has 2 N–H and O–H groups in total. The quantitative estimate of drug-likeness (QED) is 0.386. The molecule has 0 aliphatic heterocycles. The summed E-state index contributed by atoms with van der Waals surface area (Å²) in [4.78, 5) is 0. The molecule has 0 atom stereocenters. The second kappa shape index (κ2) is 9.78. The topological polar surface area (TPSA) is 62.9 Å². The lowest BCUT2D eigenvalue weighted by Crippen LogP contribution is -2.46. The van der Waals surface area contributed by atoms with Crippen LogP contribution in [0.3, 0.4) is 0 Å². The molecule has 120 valence electrons. The fourth-order valence-corrected chi connectivity index (χ4v) is 4.66. The first-order chi connectivity index (χ1) is 10.2. The van der Waals surface area contributed by atoms with Crippen LogP contribution in [0.5, 0.6) is 5.75 Å². The summed E-state index contributed by atoms with van der Waals surface area (Å²) in [6, 6.07) is 8.19. The van der Waals surface area contributed by atoms with Crippen LogP contribution in [0.4, 0.5) is 5.69 Å². The van der Waals surface area contributed by atoms with E-state index < -0.39 is 8.80 Å². The van der Waals surface area contributed by atoms with Crippen molar-refractivity contribution in [2.24, 2.45) is 0 Å². The molecule has 0 aromatic heterocycles. The van der Waals surface area contributed by atoms with Crippen molar-refractivity contribution in [2.45, 2.75) is 33.2 Å². The van der Waals surface area contributed by atoms with E-state index in [9.17, 15) is 0 Å². The first kappa shape index (κ1) is 18.0. The van der Waals surface area contributed by atoms with E-state index in [-0.39, 0.29) is 0 Å². The maximum Gasteiger partial charge on any atom is 0.501 e. The van der Waals surface area contributed by atoms with Crippen molar-refractivity contribution in [3.05, 3.63) is 24.3 Å². The van der Waals surface area contributed by atoms with Crippen LogP contribution >= 0.6 is 0 Å². The van der Waals surface area contributed by atoms with Crippen molar-refractivity contribution in [1.82, 2.24) is 0 Å². The van der Waals surface area contributed by atoms with E-state index in [1.165, 1.54) is 0 Å². The molecule has 0 heterocycles. The Morgan fingerprint density at radius 3 is 2.14 bits per heavy atom. The van der Waals surface area contributed by atoms with Gasteiger partial charge in [0, 0.05) is 37.6 Å². The smallest absolute Gasteiger partial charge is 0.494 e. The third-order valence-corrected chi connectivity index (χ3v) is 6.00. The first-order valence-electron chi connectivity index (χ1n) is 7.56. The Labute approximate surface area is 128 Å². The third-order valence-electron chi connectivity index (χ3n) is 2.85. The third kappa shape index (κ3) is 6.47. The highest BCUT2D eigenvalue weighted by molar-refractivity contribution is 6.60. The summed E-state index contributed by atoms with van der Waals surface area (Å²) < 4.78 is 23.1. The van der Waals surface area contributed by atoms with Gasteiger partial charge in [0.25, 0.3) is 0 Å². The summed E-state index contributed by atoms with van der Waals surface area (Å²) in [5.41, 5.74) is 6.42. The summed E-state index contributed by atoms with van der Waals surface area (Å²) in [5, 5.41) is 0. The molecule has 5 nitrogen and oxygen atoms in total. The van der Waals surface area contributed by atoms with E-state index in [0.717, 1.165) is 18.2 Å². The SMILES string of the molecule is CCO[Si](CCCOc1cccc(N)c1)(OCC)OCC. The lowest BCUT2D eigenvalue weighted by molar-refractivity contribution is 0.0696. The molecular formula is C15H27NO4Si. The van der Waals surface area contributed by atoms with Crippen LogP contribution in [-0.4, -0.2) is 35.2 Å². The van der Waals surface area contributed by atoms with Crippen LogP contribution in [0, 0.1) is 0 Å². The Morgan fingerprint density at radius 1 is 1.00 bits per heavy atom. The molecule has 0 saturated heterocycles. The van der Waals surface area contributed by atoms with Gasteiger partial charge in [-0.05, 0) is 39.3 Å². The van der Waals surface area contributed by atoms with Crippen molar-refractivity contribution in [2.75, 3.05) is 32.2 Å². The number of anilines is 1. The molecule has 6 heteroatoms. The van der Waals surface area contributed by atoms with Crippen molar-refractivity contribution in [3.8, 4) is 5.75 Å². The minimum atomic E-state index is -2.55. The minimum absolute atomic E-state index is 0.589. The minimum Gasteiger partial charge on any atom is -0.494 e. The van der Waals surface area contributed by atoms with Crippen LogP contribution in [0.25, 0.3) is 0 Å². The van der Waals surface area contributed by atoms with Gasteiger partial charge in [-0.2, -0.15) is 0 Å². The molecule has 0 spiro atoms. The van der Waals surface area contributed by atoms with Crippen molar-refractivity contribution in [1.29, 1.82) is 0 Å². The van der Waals surface area contributed by atoms with Crippen LogP contribution in [0.15, 0.2) is 24.3 Å². The Bertz CT molecular complexity index is 386. The summed E-state index contributed by atoms with van der Waals surface area (Å²) in [6.45, 7) is 8.27. The van der Waals surface area contributed by atoms with Crippen LogP contribution in [0.1, 0.15) is 27.2 Å². The van der Waals surface area contributed by atoms with E-state index in [1.807, 2.05) is 45.0 Å². The van der Waals surface area contributed by atoms with Crippen molar-refractivity contribution >= 4 is 14.5 Å². The fourth-order valence-electron chi connectivity index (χ4n) is 2.08. The molecule has 0 saturated carbocycles. The second-order valence-electron chi connectivity index (χ2n) is 4.51. The Hall–Kier alpha value is -1.08. The molecule has 0 bridgehead atoms. The zero-order chi connectivity index (χ0) is 15.6. The fraction of sp³-hybridized carbons (Fsp3) is 0.600. The van der Waals surface area contributed by atoms with Gasteiger partial charge in [-0.1, -0.05) is 6.07 Å². The molecule has 0 fully saturated rings. The van der Waals surface area contributed by atoms with Crippen LogP contribution in [0.2, 0.25) is 6.04 Å². The van der Waals surface area contributed by atoms with E-state index in [0.29, 0.717) is 32.1 Å². The molecule has 21 heavy (non-hydrogen) atoms. The highest BCUT2D eigenvalue weighted by Gasteiger charge is 2.39. The molecule has 0 aliphatic rings. The van der Waals surface area contributed by atoms with Gasteiger partial charge in [-0.25, -0.2) is 0 Å².